The molecule has 0 radical (unpaired) electrons. The van der Waals surface area contributed by atoms with Gasteiger partial charge in [0.25, 0.3) is 5.91 Å². The fourth-order valence-corrected chi connectivity index (χ4v) is 3.27. The van der Waals surface area contributed by atoms with Crippen LogP contribution in [-0.2, 0) is 4.79 Å². The average Bonchev–Trinajstić information content (AvgIpc) is 3.53. The Morgan fingerprint density at radius 2 is 1.83 bits per heavy atom. The maximum atomic E-state index is 12.6. The Morgan fingerprint density at radius 1 is 1.07 bits per heavy atom. The topological polar surface area (TPSA) is 83.1 Å². The number of para-hydroxylation sites is 1. The number of halogens is 1. The van der Waals surface area contributed by atoms with E-state index < -0.39 is 0 Å². The van der Waals surface area contributed by atoms with Crippen LogP contribution in [0.5, 0.6) is 0 Å². The number of hydrogen-bond donors (Lipinski definition) is 3. The fourth-order valence-electron chi connectivity index (χ4n) is 3.01. The summed E-state index contributed by atoms with van der Waals surface area (Å²) in [5, 5.41) is 9.88. The van der Waals surface area contributed by atoms with E-state index in [-0.39, 0.29) is 24.3 Å². The lowest BCUT2D eigenvalue weighted by Gasteiger charge is -2.11. The SMILES string of the molecule is O=C(CCNc1cc(C(=O)NC2CC2)c2ccccc2n1)Nc1ccc(Br)cc1. The van der Waals surface area contributed by atoms with Crippen LogP contribution >= 0.6 is 15.9 Å². The molecule has 3 aromatic rings. The highest BCUT2D eigenvalue weighted by Gasteiger charge is 2.25. The number of nitrogens with zero attached hydrogens (tertiary/aromatic N) is 1. The number of rotatable bonds is 7. The smallest absolute Gasteiger partial charge is 0.252 e. The van der Waals surface area contributed by atoms with Gasteiger partial charge in [-0.05, 0) is 49.2 Å². The van der Waals surface area contributed by atoms with Crippen molar-refractivity contribution in [3.05, 3.63) is 64.6 Å². The summed E-state index contributed by atoms with van der Waals surface area (Å²) in [7, 11) is 0. The van der Waals surface area contributed by atoms with Gasteiger partial charge in [-0.1, -0.05) is 34.1 Å². The maximum absolute atomic E-state index is 12.6. The third kappa shape index (κ3) is 5.12. The number of carbonyl (C=O) groups excluding carboxylic acids is 2. The van der Waals surface area contributed by atoms with Gasteiger partial charge in [0.1, 0.15) is 5.82 Å². The van der Waals surface area contributed by atoms with Gasteiger partial charge >= 0.3 is 0 Å². The molecule has 2 aromatic carbocycles. The molecule has 1 heterocycles. The van der Waals surface area contributed by atoms with Gasteiger partial charge in [0.15, 0.2) is 0 Å². The molecule has 1 saturated carbocycles. The van der Waals surface area contributed by atoms with E-state index in [1.807, 2.05) is 48.5 Å². The third-order valence-electron chi connectivity index (χ3n) is 4.66. The molecule has 0 saturated heterocycles. The minimum atomic E-state index is -0.0905. The molecule has 4 rings (SSSR count). The first-order valence-electron chi connectivity index (χ1n) is 9.58. The van der Waals surface area contributed by atoms with Crippen LogP contribution in [0.3, 0.4) is 0 Å². The molecular formula is C22H21BrN4O2. The van der Waals surface area contributed by atoms with Crippen LogP contribution in [0.15, 0.2) is 59.1 Å². The molecule has 1 aliphatic rings. The predicted octanol–water partition coefficient (Wildman–Crippen LogP) is 4.33. The first-order valence-corrected chi connectivity index (χ1v) is 10.4. The quantitative estimate of drug-likeness (QED) is 0.498. The largest absolute Gasteiger partial charge is 0.370 e. The molecule has 3 N–H and O–H groups in total. The minimum Gasteiger partial charge on any atom is -0.370 e. The molecule has 7 heteroatoms. The number of pyridine rings is 1. The molecule has 148 valence electrons. The van der Waals surface area contributed by atoms with Crippen molar-refractivity contribution in [2.75, 3.05) is 17.2 Å². The standard InChI is InChI=1S/C22H21BrN4O2/c23-14-5-7-15(8-6-14)25-21(28)11-12-24-20-13-18(22(29)26-16-9-10-16)17-3-1-2-4-19(17)27-20/h1-8,13,16H,9-12H2,(H,24,27)(H,25,28)(H,26,29). The van der Waals surface area contributed by atoms with E-state index in [2.05, 4.69) is 36.9 Å². The number of carbonyl (C=O) groups is 2. The number of aromatic nitrogens is 1. The van der Waals surface area contributed by atoms with Gasteiger partial charge in [-0.25, -0.2) is 4.98 Å². The van der Waals surface area contributed by atoms with Crippen molar-refractivity contribution in [2.45, 2.75) is 25.3 Å². The second-order valence-corrected chi connectivity index (χ2v) is 7.97. The molecule has 1 aromatic heterocycles. The summed E-state index contributed by atoms with van der Waals surface area (Å²) >= 11 is 3.37. The lowest BCUT2D eigenvalue weighted by atomic mass is 10.1. The molecule has 2 amide bonds. The van der Waals surface area contributed by atoms with Gasteiger partial charge in [-0.15, -0.1) is 0 Å². The lowest BCUT2D eigenvalue weighted by Crippen LogP contribution is -2.26. The second kappa shape index (κ2) is 8.61. The number of hydrogen-bond acceptors (Lipinski definition) is 4. The second-order valence-electron chi connectivity index (χ2n) is 7.05. The minimum absolute atomic E-state index is 0.0814. The highest BCUT2D eigenvalue weighted by Crippen LogP contribution is 2.24. The summed E-state index contributed by atoms with van der Waals surface area (Å²) < 4.78 is 0.959. The normalized spacial score (nSPS) is 13.1. The summed E-state index contributed by atoms with van der Waals surface area (Å²) in [6, 6.07) is 17.1. The van der Waals surface area contributed by atoms with E-state index in [0.29, 0.717) is 17.9 Å². The van der Waals surface area contributed by atoms with Crippen molar-refractivity contribution < 1.29 is 9.59 Å². The number of anilines is 2. The molecule has 6 nitrogen and oxygen atoms in total. The summed E-state index contributed by atoms with van der Waals surface area (Å²) in [6.45, 7) is 0.414. The summed E-state index contributed by atoms with van der Waals surface area (Å²) in [5.74, 6) is 0.413. The maximum Gasteiger partial charge on any atom is 0.252 e. The number of benzene rings is 2. The van der Waals surface area contributed by atoms with Crippen LogP contribution in [0, 0.1) is 0 Å². The zero-order valence-corrected chi connectivity index (χ0v) is 17.3. The third-order valence-corrected chi connectivity index (χ3v) is 5.19. The Bertz CT molecular complexity index is 1050. The highest BCUT2D eigenvalue weighted by atomic mass is 79.9. The Kier molecular flexibility index (Phi) is 5.76. The van der Waals surface area contributed by atoms with Gasteiger partial charge in [0.2, 0.25) is 5.91 Å². The van der Waals surface area contributed by atoms with Crippen LogP contribution < -0.4 is 16.0 Å². The summed E-state index contributed by atoms with van der Waals surface area (Å²) in [5.41, 5.74) is 2.10. The van der Waals surface area contributed by atoms with Crippen molar-refractivity contribution in [1.82, 2.24) is 10.3 Å². The van der Waals surface area contributed by atoms with Gasteiger partial charge in [-0.2, -0.15) is 0 Å². The monoisotopic (exact) mass is 452 g/mol. The average molecular weight is 453 g/mol. The first kappa shape index (κ1) is 19.4. The van der Waals surface area contributed by atoms with Crippen molar-refractivity contribution in [3.8, 4) is 0 Å². The van der Waals surface area contributed by atoms with E-state index in [1.165, 1.54) is 0 Å². The van der Waals surface area contributed by atoms with E-state index in [0.717, 1.165) is 33.9 Å². The first-order chi connectivity index (χ1) is 14.1. The van der Waals surface area contributed by atoms with Crippen molar-refractivity contribution in [1.29, 1.82) is 0 Å². The Morgan fingerprint density at radius 3 is 2.59 bits per heavy atom. The molecule has 0 bridgehead atoms. The van der Waals surface area contributed by atoms with Gasteiger partial charge in [0.05, 0.1) is 11.1 Å². The van der Waals surface area contributed by atoms with Crippen LogP contribution in [0.4, 0.5) is 11.5 Å². The fraction of sp³-hybridized carbons (Fsp3) is 0.227. The number of nitrogens with one attached hydrogen (secondary N) is 3. The molecule has 0 aliphatic heterocycles. The van der Waals surface area contributed by atoms with Crippen molar-refractivity contribution in [2.24, 2.45) is 0 Å². The van der Waals surface area contributed by atoms with Crippen LogP contribution in [0.1, 0.15) is 29.6 Å². The van der Waals surface area contributed by atoms with Crippen LogP contribution in [0.2, 0.25) is 0 Å². The van der Waals surface area contributed by atoms with Gasteiger partial charge < -0.3 is 16.0 Å². The Balaban J connectivity index is 1.41. The molecule has 1 aliphatic carbocycles. The van der Waals surface area contributed by atoms with E-state index >= 15 is 0 Å². The Labute approximate surface area is 177 Å². The predicted molar refractivity (Wildman–Crippen MR) is 118 cm³/mol. The van der Waals surface area contributed by atoms with Crippen molar-refractivity contribution in [3.63, 3.8) is 0 Å². The lowest BCUT2D eigenvalue weighted by molar-refractivity contribution is -0.115. The van der Waals surface area contributed by atoms with Crippen molar-refractivity contribution >= 4 is 50.2 Å². The highest BCUT2D eigenvalue weighted by molar-refractivity contribution is 9.10. The molecule has 0 unspecified atom stereocenters. The zero-order chi connectivity index (χ0) is 20.2. The molecule has 0 spiro atoms. The zero-order valence-electron chi connectivity index (χ0n) is 15.7. The summed E-state index contributed by atoms with van der Waals surface area (Å²) in [4.78, 5) is 29.4. The number of fused-ring (bicyclic) bond motifs is 1. The van der Waals surface area contributed by atoms with E-state index in [1.54, 1.807) is 6.07 Å². The summed E-state index contributed by atoms with van der Waals surface area (Å²) in [6.07, 6.45) is 2.36. The van der Waals surface area contributed by atoms with Crippen LogP contribution in [0.25, 0.3) is 10.9 Å². The molecule has 1 fully saturated rings. The molecule has 0 atom stereocenters. The van der Waals surface area contributed by atoms with E-state index in [9.17, 15) is 9.59 Å². The Hall–Kier alpha value is -2.93. The molecular weight excluding hydrogens is 432 g/mol. The number of amides is 2. The van der Waals surface area contributed by atoms with Gasteiger partial charge in [0, 0.05) is 34.6 Å². The van der Waals surface area contributed by atoms with E-state index in [4.69, 9.17) is 0 Å². The molecule has 29 heavy (non-hydrogen) atoms. The van der Waals surface area contributed by atoms with Gasteiger partial charge in [-0.3, -0.25) is 9.59 Å². The van der Waals surface area contributed by atoms with Crippen LogP contribution in [-0.4, -0.2) is 29.4 Å².